The van der Waals surface area contributed by atoms with Gasteiger partial charge in [0.15, 0.2) is 5.78 Å². The van der Waals surface area contributed by atoms with Crippen molar-refractivity contribution in [1.29, 1.82) is 0 Å². The number of anilines is 1. The van der Waals surface area contributed by atoms with E-state index in [1.165, 1.54) is 30.0 Å². The van der Waals surface area contributed by atoms with E-state index in [4.69, 9.17) is 0 Å². The van der Waals surface area contributed by atoms with E-state index in [-0.39, 0.29) is 22.5 Å². The number of aromatic nitrogens is 2. The summed E-state index contributed by atoms with van der Waals surface area (Å²) in [5.41, 5.74) is 0.432. The van der Waals surface area contributed by atoms with E-state index in [9.17, 15) is 14.7 Å². The van der Waals surface area contributed by atoms with Crippen LogP contribution in [0.15, 0.2) is 16.9 Å². The Balaban J connectivity index is 1.97. The van der Waals surface area contributed by atoms with Crippen LogP contribution in [0.25, 0.3) is 10.9 Å². The number of benzene rings is 1. The molecule has 2 unspecified atom stereocenters. The predicted octanol–water partition coefficient (Wildman–Crippen LogP) is 1.30. The first-order valence-corrected chi connectivity index (χ1v) is 7.45. The molecule has 2 aromatic rings. The first kappa shape index (κ1) is 13.3. The van der Waals surface area contributed by atoms with Crippen molar-refractivity contribution >= 4 is 22.6 Å². The molecule has 1 saturated carbocycles. The van der Waals surface area contributed by atoms with Crippen LogP contribution in [0.2, 0.25) is 0 Å². The molecule has 0 amide bonds. The lowest BCUT2D eigenvalue weighted by molar-refractivity contribution is 0.101. The quantitative estimate of drug-likeness (QED) is 0.846. The third-order valence-corrected chi connectivity index (χ3v) is 4.78. The van der Waals surface area contributed by atoms with Crippen LogP contribution >= 0.6 is 0 Å². The number of hydrogen-bond acceptors (Lipinski definition) is 5. The maximum absolute atomic E-state index is 12.6. The number of ketones is 1. The average Bonchev–Trinajstić information content (AvgIpc) is 3.08. The number of Topliss-reactive ketones (excluding diaryl/α,β-unsaturated/α-hetero) is 1. The topological polar surface area (TPSA) is 75.4 Å². The predicted molar refractivity (Wildman–Crippen MR) is 82.5 cm³/mol. The standard InChI is InChI=1S/C16H17N3O3/c1-8(20)12-4-11(21)5-13-14(12)17-16(18(2)15(13)22)19-6-9-3-10(9)7-19/h4-5,9-10,21H,3,6-7H2,1-2H3. The van der Waals surface area contributed by atoms with Crippen molar-refractivity contribution in [2.75, 3.05) is 18.0 Å². The molecule has 1 saturated heterocycles. The number of rotatable bonds is 2. The summed E-state index contributed by atoms with van der Waals surface area (Å²) in [6, 6.07) is 2.75. The molecule has 6 nitrogen and oxygen atoms in total. The number of hydrogen-bond donors (Lipinski definition) is 1. The van der Waals surface area contributed by atoms with Crippen molar-refractivity contribution < 1.29 is 9.90 Å². The smallest absolute Gasteiger partial charge is 0.262 e. The number of carbonyl (C=O) groups excluding carboxylic acids is 1. The van der Waals surface area contributed by atoms with E-state index < -0.39 is 0 Å². The highest BCUT2D eigenvalue weighted by Gasteiger charge is 2.46. The second-order valence-electron chi connectivity index (χ2n) is 6.38. The summed E-state index contributed by atoms with van der Waals surface area (Å²) in [5.74, 6) is 1.75. The summed E-state index contributed by atoms with van der Waals surface area (Å²) in [4.78, 5) is 31.1. The molecule has 0 radical (unpaired) electrons. The van der Waals surface area contributed by atoms with Crippen LogP contribution < -0.4 is 10.5 Å². The first-order chi connectivity index (χ1) is 10.5. The number of phenols is 1. The molecule has 0 spiro atoms. The van der Waals surface area contributed by atoms with Crippen molar-refractivity contribution in [2.24, 2.45) is 18.9 Å². The normalized spacial score (nSPS) is 22.9. The molecule has 1 aromatic carbocycles. The number of piperidine rings is 1. The lowest BCUT2D eigenvalue weighted by Crippen LogP contribution is -2.31. The fourth-order valence-corrected chi connectivity index (χ4v) is 3.46. The van der Waals surface area contributed by atoms with Crippen LogP contribution in [0.3, 0.4) is 0 Å². The third kappa shape index (κ3) is 1.83. The van der Waals surface area contributed by atoms with Crippen LogP contribution in [0.1, 0.15) is 23.7 Å². The van der Waals surface area contributed by atoms with Crippen molar-refractivity contribution in [1.82, 2.24) is 9.55 Å². The fourth-order valence-electron chi connectivity index (χ4n) is 3.46. The second kappa shape index (κ2) is 4.32. The van der Waals surface area contributed by atoms with Crippen LogP contribution in [0.5, 0.6) is 5.75 Å². The SMILES string of the molecule is CC(=O)c1cc(O)cc2c(=O)n(C)c(N3CC4CC4C3)nc12. The van der Waals surface area contributed by atoms with E-state index in [2.05, 4.69) is 9.88 Å². The summed E-state index contributed by atoms with van der Waals surface area (Å²) < 4.78 is 1.51. The van der Waals surface area contributed by atoms with Crippen molar-refractivity contribution in [3.8, 4) is 5.75 Å². The highest BCUT2D eigenvalue weighted by molar-refractivity contribution is 6.06. The molecule has 22 heavy (non-hydrogen) atoms. The zero-order valence-corrected chi connectivity index (χ0v) is 12.5. The number of carbonyl (C=O) groups is 1. The minimum absolute atomic E-state index is 0.0910. The molecule has 2 heterocycles. The maximum Gasteiger partial charge on any atom is 0.262 e. The zero-order valence-electron chi connectivity index (χ0n) is 12.5. The Hall–Kier alpha value is -2.37. The number of fused-ring (bicyclic) bond motifs is 2. The summed E-state index contributed by atoms with van der Waals surface area (Å²) in [5, 5.41) is 10.0. The molecule has 2 aliphatic rings. The van der Waals surface area contributed by atoms with Gasteiger partial charge in [-0.25, -0.2) is 4.98 Å². The van der Waals surface area contributed by atoms with Gasteiger partial charge in [0.2, 0.25) is 5.95 Å². The zero-order chi connectivity index (χ0) is 15.6. The van der Waals surface area contributed by atoms with Gasteiger partial charge >= 0.3 is 0 Å². The third-order valence-electron chi connectivity index (χ3n) is 4.78. The minimum atomic E-state index is -0.237. The van der Waals surface area contributed by atoms with Crippen molar-refractivity contribution in [3.63, 3.8) is 0 Å². The van der Waals surface area contributed by atoms with Gasteiger partial charge in [0.1, 0.15) is 5.75 Å². The summed E-state index contributed by atoms with van der Waals surface area (Å²) >= 11 is 0. The Morgan fingerprint density at radius 1 is 1.32 bits per heavy atom. The maximum atomic E-state index is 12.6. The molecule has 1 aromatic heterocycles. The van der Waals surface area contributed by atoms with Gasteiger partial charge in [-0.05, 0) is 37.3 Å². The van der Waals surface area contributed by atoms with Crippen molar-refractivity contribution in [3.05, 3.63) is 28.0 Å². The molecule has 2 fully saturated rings. The number of aromatic hydroxyl groups is 1. The molecule has 1 aliphatic carbocycles. The van der Waals surface area contributed by atoms with E-state index in [1.54, 1.807) is 7.05 Å². The Labute approximate surface area is 127 Å². The van der Waals surface area contributed by atoms with Crippen LogP contribution in [-0.2, 0) is 7.05 Å². The summed E-state index contributed by atoms with van der Waals surface area (Å²) in [7, 11) is 1.69. The molecular weight excluding hydrogens is 282 g/mol. The second-order valence-corrected chi connectivity index (χ2v) is 6.38. The van der Waals surface area contributed by atoms with E-state index in [1.807, 2.05) is 0 Å². The minimum Gasteiger partial charge on any atom is -0.508 e. The molecule has 2 atom stereocenters. The highest BCUT2D eigenvalue weighted by Crippen LogP contribution is 2.45. The van der Waals surface area contributed by atoms with Crippen molar-refractivity contribution in [2.45, 2.75) is 13.3 Å². The van der Waals surface area contributed by atoms with Gasteiger partial charge in [-0.15, -0.1) is 0 Å². The number of phenolic OH excluding ortho intramolecular Hbond substituents is 1. The van der Waals surface area contributed by atoms with Gasteiger partial charge in [0.25, 0.3) is 5.56 Å². The average molecular weight is 299 g/mol. The largest absolute Gasteiger partial charge is 0.508 e. The Kier molecular flexibility index (Phi) is 2.61. The fraction of sp³-hybridized carbons (Fsp3) is 0.438. The van der Waals surface area contributed by atoms with Gasteiger partial charge in [-0.3, -0.25) is 14.2 Å². The van der Waals surface area contributed by atoms with Crippen LogP contribution in [0.4, 0.5) is 5.95 Å². The summed E-state index contributed by atoms with van der Waals surface area (Å²) in [6.07, 6.45) is 1.27. The van der Waals surface area contributed by atoms with Gasteiger partial charge in [-0.2, -0.15) is 0 Å². The number of nitrogens with zero attached hydrogens (tertiary/aromatic N) is 3. The molecule has 0 bridgehead atoms. The van der Waals surface area contributed by atoms with E-state index in [0.29, 0.717) is 17.0 Å². The molecule has 114 valence electrons. The van der Waals surface area contributed by atoms with Gasteiger partial charge in [0.05, 0.1) is 10.9 Å². The lowest BCUT2D eigenvalue weighted by Gasteiger charge is -2.22. The Bertz CT molecular complexity index is 861. The van der Waals surface area contributed by atoms with E-state index >= 15 is 0 Å². The Morgan fingerprint density at radius 2 is 2.00 bits per heavy atom. The van der Waals surface area contributed by atoms with Gasteiger partial charge in [-0.1, -0.05) is 0 Å². The molecule has 1 N–H and O–H groups in total. The monoisotopic (exact) mass is 299 g/mol. The molecule has 1 aliphatic heterocycles. The van der Waals surface area contributed by atoms with E-state index in [0.717, 1.165) is 24.9 Å². The molecule has 4 rings (SSSR count). The van der Waals surface area contributed by atoms with Crippen LogP contribution in [-0.4, -0.2) is 33.5 Å². The van der Waals surface area contributed by atoms with Gasteiger partial charge < -0.3 is 10.0 Å². The summed E-state index contributed by atoms with van der Waals surface area (Å²) in [6.45, 7) is 3.26. The first-order valence-electron chi connectivity index (χ1n) is 7.45. The van der Waals surface area contributed by atoms with Gasteiger partial charge in [0, 0.05) is 25.7 Å². The molecule has 6 heteroatoms. The lowest BCUT2D eigenvalue weighted by atomic mass is 10.1. The van der Waals surface area contributed by atoms with Crippen LogP contribution in [0, 0.1) is 11.8 Å². The highest BCUT2D eigenvalue weighted by atomic mass is 16.3. The molecular formula is C16H17N3O3. The Morgan fingerprint density at radius 3 is 2.64 bits per heavy atom.